The molecule has 10 heteroatoms. The van der Waals surface area contributed by atoms with Gasteiger partial charge in [0.2, 0.25) is 10.0 Å². The maximum atomic E-state index is 13.4. The molecule has 0 saturated carbocycles. The van der Waals surface area contributed by atoms with Crippen LogP contribution in [0.5, 0.6) is 11.5 Å². The third-order valence-corrected chi connectivity index (χ3v) is 6.46. The minimum Gasteiger partial charge on any atom is -0.493 e. The molecule has 0 spiro atoms. The number of methoxy groups -OCH3 is 2. The molecule has 2 aromatic carbocycles. The van der Waals surface area contributed by atoms with E-state index in [-0.39, 0.29) is 13.1 Å². The Morgan fingerprint density at radius 2 is 1.66 bits per heavy atom. The highest BCUT2D eigenvalue weighted by Gasteiger charge is 2.33. The molecule has 0 atom stereocenters. The lowest BCUT2D eigenvalue weighted by atomic mass is 10.2. The van der Waals surface area contributed by atoms with Crippen LogP contribution in [0.2, 0.25) is 0 Å². The number of nitrogens with zero attached hydrogens (tertiary/aromatic N) is 2. The lowest BCUT2D eigenvalue weighted by Gasteiger charge is -2.23. The lowest BCUT2D eigenvalue weighted by Crippen LogP contribution is -2.31. The Hall–Kier alpha value is -3.11. The van der Waals surface area contributed by atoms with Crippen molar-refractivity contribution >= 4 is 10.0 Å². The van der Waals surface area contributed by atoms with Gasteiger partial charge in [0, 0.05) is 12.7 Å². The number of benzene rings is 2. The standard InChI is InChI=1S/C22H21F3N2O4S/c1-30-20-10-9-16(12-21(20)31-2)14-27(15-18-7-3-4-11-26-18)32(28,29)19-8-5-6-17(13-19)22(23,24)25/h3-13H,14-15H2,1-2H3. The van der Waals surface area contributed by atoms with Crippen LogP contribution in [0, 0.1) is 0 Å². The van der Waals surface area contributed by atoms with E-state index in [0.29, 0.717) is 28.8 Å². The smallest absolute Gasteiger partial charge is 0.416 e. The molecule has 0 unspecified atom stereocenters. The van der Waals surface area contributed by atoms with Crippen LogP contribution in [0.3, 0.4) is 0 Å². The van der Waals surface area contributed by atoms with Gasteiger partial charge in [0.25, 0.3) is 0 Å². The first-order valence-corrected chi connectivity index (χ1v) is 10.9. The number of halogens is 3. The molecule has 1 heterocycles. The Morgan fingerprint density at radius 3 is 2.28 bits per heavy atom. The predicted octanol–water partition coefficient (Wildman–Crippen LogP) is 4.51. The van der Waals surface area contributed by atoms with Crippen molar-refractivity contribution in [2.45, 2.75) is 24.2 Å². The summed E-state index contributed by atoms with van der Waals surface area (Å²) < 4.78 is 77.8. The van der Waals surface area contributed by atoms with Crippen molar-refractivity contribution < 1.29 is 31.1 Å². The van der Waals surface area contributed by atoms with Gasteiger partial charge >= 0.3 is 6.18 Å². The summed E-state index contributed by atoms with van der Waals surface area (Å²) in [6.45, 7) is -0.247. The number of ether oxygens (including phenoxy) is 2. The molecule has 0 aliphatic heterocycles. The molecule has 0 aliphatic rings. The van der Waals surface area contributed by atoms with Crippen molar-refractivity contribution in [1.29, 1.82) is 0 Å². The van der Waals surface area contributed by atoms with Crippen molar-refractivity contribution in [1.82, 2.24) is 9.29 Å². The van der Waals surface area contributed by atoms with Crippen LogP contribution < -0.4 is 9.47 Å². The van der Waals surface area contributed by atoms with E-state index in [1.807, 2.05) is 0 Å². The van der Waals surface area contributed by atoms with Gasteiger partial charge in [-0.25, -0.2) is 8.42 Å². The Bertz CT molecular complexity index is 1170. The summed E-state index contributed by atoms with van der Waals surface area (Å²) >= 11 is 0. The van der Waals surface area contributed by atoms with Gasteiger partial charge in [-0.1, -0.05) is 18.2 Å². The number of aromatic nitrogens is 1. The van der Waals surface area contributed by atoms with Crippen molar-refractivity contribution in [3.8, 4) is 11.5 Å². The number of alkyl halides is 3. The summed E-state index contributed by atoms with van der Waals surface area (Å²) in [6, 6.07) is 13.6. The third-order valence-electron chi connectivity index (χ3n) is 4.67. The molecule has 0 fully saturated rings. The van der Waals surface area contributed by atoms with Gasteiger partial charge < -0.3 is 9.47 Å². The summed E-state index contributed by atoms with van der Waals surface area (Å²) in [5, 5.41) is 0. The average Bonchev–Trinajstić information content (AvgIpc) is 2.78. The van der Waals surface area contributed by atoms with Gasteiger partial charge in [-0.3, -0.25) is 4.98 Å². The van der Waals surface area contributed by atoms with E-state index in [9.17, 15) is 21.6 Å². The quantitative estimate of drug-likeness (QED) is 0.489. The summed E-state index contributed by atoms with van der Waals surface area (Å²) in [4.78, 5) is 3.70. The molecule has 3 rings (SSSR count). The SMILES string of the molecule is COc1ccc(CN(Cc2ccccn2)S(=O)(=O)c2cccc(C(F)(F)F)c2)cc1OC. The predicted molar refractivity (Wildman–Crippen MR) is 112 cm³/mol. The second kappa shape index (κ2) is 9.58. The Balaban J connectivity index is 2.03. The molecule has 170 valence electrons. The number of rotatable bonds is 8. The zero-order valence-corrected chi connectivity index (χ0v) is 18.2. The maximum Gasteiger partial charge on any atom is 0.416 e. The Labute approximate surface area is 184 Å². The average molecular weight is 466 g/mol. The Morgan fingerprint density at radius 1 is 0.906 bits per heavy atom. The molecule has 0 amide bonds. The van der Waals surface area contributed by atoms with Crippen LogP contribution in [0.4, 0.5) is 13.2 Å². The maximum absolute atomic E-state index is 13.4. The van der Waals surface area contributed by atoms with Crippen LogP contribution >= 0.6 is 0 Å². The highest BCUT2D eigenvalue weighted by Crippen LogP contribution is 2.32. The number of hydrogen-bond acceptors (Lipinski definition) is 5. The highest BCUT2D eigenvalue weighted by atomic mass is 32.2. The van der Waals surface area contributed by atoms with E-state index < -0.39 is 26.7 Å². The van der Waals surface area contributed by atoms with E-state index in [4.69, 9.17) is 9.47 Å². The summed E-state index contributed by atoms with van der Waals surface area (Å²) in [6.07, 6.45) is -3.15. The van der Waals surface area contributed by atoms with Gasteiger partial charge in [0.1, 0.15) is 0 Å². The van der Waals surface area contributed by atoms with Gasteiger partial charge in [0.15, 0.2) is 11.5 Å². The van der Waals surface area contributed by atoms with Crippen LogP contribution in [0.15, 0.2) is 71.8 Å². The molecule has 6 nitrogen and oxygen atoms in total. The van der Waals surface area contributed by atoms with E-state index in [2.05, 4.69) is 4.98 Å². The first kappa shape index (κ1) is 23.6. The Kier molecular flexibility index (Phi) is 7.05. The van der Waals surface area contributed by atoms with Gasteiger partial charge in [0.05, 0.1) is 36.9 Å². The van der Waals surface area contributed by atoms with Gasteiger partial charge in [-0.15, -0.1) is 0 Å². The topological polar surface area (TPSA) is 68.7 Å². The van der Waals surface area contributed by atoms with Crippen LogP contribution in [-0.2, 0) is 29.3 Å². The molecule has 0 N–H and O–H groups in total. The van der Waals surface area contributed by atoms with Crippen molar-refractivity contribution in [3.63, 3.8) is 0 Å². The molecule has 0 radical (unpaired) electrons. The first-order chi connectivity index (χ1) is 15.1. The minimum atomic E-state index is -4.67. The number of sulfonamides is 1. The van der Waals surface area contributed by atoms with E-state index in [0.717, 1.165) is 22.5 Å². The molecule has 0 aliphatic carbocycles. The normalized spacial score (nSPS) is 12.1. The van der Waals surface area contributed by atoms with Crippen molar-refractivity contribution in [2.75, 3.05) is 14.2 Å². The van der Waals surface area contributed by atoms with Crippen LogP contribution in [0.25, 0.3) is 0 Å². The van der Waals surface area contributed by atoms with E-state index in [1.165, 1.54) is 20.4 Å². The summed E-state index contributed by atoms with van der Waals surface area (Å²) in [5.74, 6) is 0.868. The fourth-order valence-corrected chi connectivity index (χ4v) is 4.51. The molecular weight excluding hydrogens is 445 g/mol. The third kappa shape index (κ3) is 5.38. The zero-order chi connectivity index (χ0) is 23.4. The second-order valence-electron chi connectivity index (χ2n) is 6.81. The summed E-state index contributed by atoms with van der Waals surface area (Å²) in [5.41, 5.74) is -0.0277. The van der Waals surface area contributed by atoms with Crippen LogP contribution in [0.1, 0.15) is 16.8 Å². The second-order valence-corrected chi connectivity index (χ2v) is 8.75. The molecule has 3 aromatic rings. The molecule has 0 saturated heterocycles. The summed E-state index contributed by atoms with van der Waals surface area (Å²) in [7, 11) is -1.37. The number of pyridine rings is 1. The molecule has 1 aromatic heterocycles. The fourth-order valence-electron chi connectivity index (χ4n) is 3.06. The molecular formula is C22H21F3N2O4S. The zero-order valence-electron chi connectivity index (χ0n) is 17.3. The fraction of sp³-hybridized carbons (Fsp3) is 0.227. The monoisotopic (exact) mass is 466 g/mol. The lowest BCUT2D eigenvalue weighted by molar-refractivity contribution is -0.137. The van der Waals surface area contributed by atoms with Crippen molar-refractivity contribution in [3.05, 3.63) is 83.7 Å². The van der Waals surface area contributed by atoms with Gasteiger partial charge in [-0.2, -0.15) is 17.5 Å². The van der Waals surface area contributed by atoms with Crippen LogP contribution in [-0.4, -0.2) is 31.9 Å². The highest BCUT2D eigenvalue weighted by molar-refractivity contribution is 7.89. The van der Waals surface area contributed by atoms with E-state index in [1.54, 1.807) is 36.4 Å². The van der Waals surface area contributed by atoms with Crippen molar-refractivity contribution in [2.24, 2.45) is 0 Å². The molecule has 32 heavy (non-hydrogen) atoms. The largest absolute Gasteiger partial charge is 0.493 e. The number of hydrogen-bond donors (Lipinski definition) is 0. The molecule has 0 bridgehead atoms. The van der Waals surface area contributed by atoms with Gasteiger partial charge in [-0.05, 0) is 48.0 Å². The minimum absolute atomic E-state index is 0.116. The van der Waals surface area contributed by atoms with E-state index >= 15 is 0 Å². The first-order valence-electron chi connectivity index (χ1n) is 9.43.